The molecule has 1 atom stereocenters. The van der Waals surface area contributed by atoms with Crippen molar-refractivity contribution in [3.8, 4) is 5.75 Å². The molecule has 0 bridgehead atoms. The van der Waals surface area contributed by atoms with E-state index in [2.05, 4.69) is 37.4 Å². The van der Waals surface area contributed by atoms with Crippen molar-refractivity contribution in [1.82, 2.24) is 5.32 Å². The highest BCUT2D eigenvalue weighted by Crippen LogP contribution is 2.40. The first kappa shape index (κ1) is 14.4. The second kappa shape index (κ2) is 6.95. The van der Waals surface area contributed by atoms with Crippen molar-refractivity contribution >= 4 is 0 Å². The Labute approximate surface area is 117 Å². The highest BCUT2D eigenvalue weighted by molar-refractivity contribution is 5.40. The maximum Gasteiger partial charge on any atom is 0.122 e. The first-order valence-electron chi connectivity index (χ1n) is 7.61. The maximum atomic E-state index is 5.59. The van der Waals surface area contributed by atoms with Crippen LogP contribution in [0.1, 0.15) is 49.7 Å². The van der Waals surface area contributed by atoms with Gasteiger partial charge in [0, 0.05) is 12.5 Å². The van der Waals surface area contributed by atoms with E-state index < -0.39 is 0 Å². The van der Waals surface area contributed by atoms with E-state index in [1.807, 2.05) is 0 Å². The third-order valence-corrected chi connectivity index (χ3v) is 4.37. The molecular formula is C17H27NO. The molecule has 0 saturated heterocycles. The van der Waals surface area contributed by atoms with Crippen LogP contribution in [0.5, 0.6) is 5.75 Å². The van der Waals surface area contributed by atoms with Crippen molar-refractivity contribution in [2.75, 3.05) is 20.2 Å². The van der Waals surface area contributed by atoms with E-state index in [0.717, 1.165) is 24.8 Å². The highest BCUT2D eigenvalue weighted by atomic mass is 16.5. The molecule has 1 aromatic carbocycles. The Morgan fingerprint density at radius 2 is 2.05 bits per heavy atom. The molecule has 1 aliphatic carbocycles. The monoisotopic (exact) mass is 261 g/mol. The van der Waals surface area contributed by atoms with Crippen molar-refractivity contribution in [3.63, 3.8) is 0 Å². The zero-order chi connectivity index (χ0) is 13.7. The molecule has 2 heteroatoms. The molecule has 19 heavy (non-hydrogen) atoms. The SMILES string of the molecule is CCNCC(c1cc(C)ccc1OC)C1CCCC1. The molecule has 1 N–H and O–H groups in total. The number of methoxy groups -OCH3 is 1. The van der Waals surface area contributed by atoms with Gasteiger partial charge in [-0.15, -0.1) is 0 Å². The van der Waals surface area contributed by atoms with Crippen LogP contribution in [0.25, 0.3) is 0 Å². The zero-order valence-electron chi connectivity index (χ0n) is 12.5. The minimum atomic E-state index is 0.595. The molecule has 1 saturated carbocycles. The molecule has 0 heterocycles. The van der Waals surface area contributed by atoms with Crippen LogP contribution in [0.4, 0.5) is 0 Å². The quantitative estimate of drug-likeness (QED) is 0.839. The van der Waals surface area contributed by atoms with Gasteiger partial charge < -0.3 is 10.1 Å². The van der Waals surface area contributed by atoms with Gasteiger partial charge in [0.1, 0.15) is 5.75 Å². The molecule has 106 valence electrons. The number of nitrogens with one attached hydrogen (secondary N) is 1. The van der Waals surface area contributed by atoms with Gasteiger partial charge in [0.25, 0.3) is 0 Å². The number of likely N-dealkylation sites (N-methyl/N-ethyl adjacent to an activating group) is 1. The highest BCUT2D eigenvalue weighted by Gasteiger charge is 2.28. The molecule has 1 aliphatic rings. The third-order valence-electron chi connectivity index (χ3n) is 4.37. The van der Waals surface area contributed by atoms with Crippen molar-refractivity contribution < 1.29 is 4.74 Å². The summed E-state index contributed by atoms with van der Waals surface area (Å²) >= 11 is 0. The van der Waals surface area contributed by atoms with Crippen LogP contribution in [0, 0.1) is 12.8 Å². The summed E-state index contributed by atoms with van der Waals surface area (Å²) in [6.07, 6.45) is 5.52. The zero-order valence-corrected chi connectivity index (χ0v) is 12.5. The lowest BCUT2D eigenvalue weighted by Crippen LogP contribution is -2.26. The first-order chi connectivity index (χ1) is 9.26. The summed E-state index contributed by atoms with van der Waals surface area (Å²) in [5.74, 6) is 2.47. The Kier molecular flexibility index (Phi) is 5.26. The van der Waals surface area contributed by atoms with Crippen LogP contribution in [0.3, 0.4) is 0 Å². The number of aryl methyl sites for hydroxylation is 1. The summed E-state index contributed by atoms with van der Waals surface area (Å²) in [5, 5.41) is 3.54. The summed E-state index contributed by atoms with van der Waals surface area (Å²) in [6, 6.07) is 6.58. The van der Waals surface area contributed by atoms with Gasteiger partial charge in [-0.25, -0.2) is 0 Å². The van der Waals surface area contributed by atoms with Crippen LogP contribution in [0.15, 0.2) is 18.2 Å². The summed E-state index contributed by atoms with van der Waals surface area (Å²) < 4.78 is 5.59. The van der Waals surface area contributed by atoms with Gasteiger partial charge in [-0.2, -0.15) is 0 Å². The predicted octanol–water partition coefficient (Wildman–Crippen LogP) is 3.89. The van der Waals surface area contributed by atoms with Gasteiger partial charge in [0.15, 0.2) is 0 Å². The molecular weight excluding hydrogens is 234 g/mol. The minimum absolute atomic E-state index is 0.595. The predicted molar refractivity (Wildman–Crippen MR) is 81.0 cm³/mol. The average Bonchev–Trinajstić information content (AvgIpc) is 2.93. The standard InChI is InChI=1S/C17H27NO/c1-4-18-12-16(14-7-5-6-8-14)15-11-13(2)9-10-17(15)19-3/h9-11,14,16,18H,4-8,12H2,1-3H3. The minimum Gasteiger partial charge on any atom is -0.496 e. The molecule has 0 aliphatic heterocycles. The first-order valence-corrected chi connectivity index (χ1v) is 7.61. The third kappa shape index (κ3) is 3.50. The molecule has 1 unspecified atom stereocenters. The summed E-state index contributed by atoms with van der Waals surface area (Å²) in [7, 11) is 1.78. The van der Waals surface area contributed by atoms with E-state index in [1.165, 1.54) is 36.8 Å². The van der Waals surface area contributed by atoms with Gasteiger partial charge in [0.05, 0.1) is 7.11 Å². The fraction of sp³-hybridized carbons (Fsp3) is 0.647. The Balaban J connectivity index is 2.27. The van der Waals surface area contributed by atoms with Gasteiger partial charge in [-0.05, 0) is 43.9 Å². The van der Waals surface area contributed by atoms with E-state index in [-0.39, 0.29) is 0 Å². The Morgan fingerprint density at radius 1 is 1.32 bits per heavy atom. The maximum absolute atomic E-state index is 5.59. The topological polar surface area (TPSA) is 21.3 Å². The second-order valence-corrected chi connectivity index (χ2v) is 5.70. The fourth-order valence-electron chi connectivity index (χ4n) is 3.33. The molecule has 2 nitrogen and oxygen atoms in total. The van der Waals surface area contributed by atoms with Crippen molar-refractivity contribution in [2.45, 2.75) is 45.4 Å². The summed E-state index contributed by atoms with van der Waals surface area (Å²) in [6.45, 7) is 6.46. The lowest BCUT2D eigenvalue weighted by atomic mass is 9.83. The number of hydrogen-bond donors (Lipinski definition) is 1. The van der Waals surface area contributed by atoms with Crippen LogP contribution in [-0.2, 0) is 0 Å². The van der Waals surface area contributed by atoms with Crippen molar-refractivity contribution in [3.05, 3.63) is 29.3 Å². The van der Waals surface area contributed by atoms with Crippen molar-refractivity contribution in [1.29, 1.82) is 0 Å². The lowest BCUT2D eigenvalue weighted by molar-refractivity contribution is 0.374. The number of hydrogen-bond acceptors (Lipinski definition) is 2. The smallest absolute Gasteiger partial charge is 0.122 e. The number of benzene rings is 1. The van der Waals surface area contributed by atoms with Gasteiger partial charge in [0.2, 0.25) is 0 Å². The lowest BCUT2D eigenvalue weighted by Gasteiger charge is -2.26. The Hall–Kier alpha value is -1.02. The molecule has 0 radical (unpaired) electrons. The Bertz CT molecular complexity index is 396. The number of ether oxygens (including phenoxy) is 1. The van der Waals surface area contributed by atoms with Gasteiger partial charge in [-0.1, -0.05) is 37.5 Å². The molecule has 0 aromatic heterocycles. The van der Waals surface area contributed by atoms with Crippen LogP contribution in [-0.4, -0.2) is 20.2 Å². The molecule has 1 fully saturated rings. The largest absolute Gasteiger partial charge is 0.496 e. The fourth-order valence-corrected chi connectivity index (χ4v) is 3.33. The van der Waals surface area contributed by atoms with Gasteiger partial charge in [-0.3, -0.25) is 0 Å². The van der Waals surface area contributed by atoms with Gasteiger partial charge >= 0.3 is 0 Å². The van der Waals surface area contributed by atoms with Crippen LogP contribution < -0.4 is 10.1 Å². The summed E-state index contributed by atoms with van der Waals surface area (Å²) in [5.41, 5.74) is 2.73. The molecule has 0 spiro atoms. The van der Waals surface area contributed by atoms with Crippen LogP contribution in [0.2, 0.25) is 0 Å². The van der Waals surface area contributed by atoms with E-state index >= 15 is 0 Å². The normalized spacial score (nSPS) is 17.6. The molecule has 1 aromatic rings. The van der Waals surface area contributed by atoms with Crippen molar-refractivity contribution in [2.24, 2.45) is 5.92 Å². The number of rotatable bonds is 6. The van der Waals surface area contributed by atoms with E-state index in [4.69, 9.17) is 4.74 Å². The van der Waals surface area contributed by atoms with E-state index in [1.54, 1.807) is 7.11 Å². The molecule has 2 rings (SSSR count). The second-order valence-electron chi connectivity index (χ2n) is 5.70. The Morgan fingerprint density at radius 3 is 2.68 bits per heavy atom. The average molecular weight is 261 g/mol. The van der Waals surface area contributed by atoms with Crippen LogP contribution >= 0.6 is 0 Å². The van der Waals surface area contributed by atoms with E-state index in [9.17, 15) is 0 Å². The summed E-state index contributed by atoms with van der Waals surface area (Å²) in [4.78, 5) is 0. The molecule has 0 amide bonds. The van der Waals surface area contributed by atoms with E-state index in [0.29, 0.717) is 5.92 Å².